The molecule has 2 aromatic heterocycles. The summed E-state index contributed by atoms with van der Waals surface area (Å²) < 4.78 is 0. The smallest absolute Gasteiger partial charge is 0.268 e. The highest BCUT2D eigenvalue weighted by atomic mass is 32.1. The quantitative estimate of drug-likeness (QED) is 0.647. The van der Waals surface area contributed by atoms with Gasteiger partial charge in [0.25, 0.3) is 5.91 Å². The van der Waals surface area contributed by atoms with E-state index in [0.717, 1.165) is 15.8 Å². The first-order valence-corrected chi connectivity index (χ1v) is 7.15. The first kappa shape index (κ1) is 12.7. The zero-order chi connectivity index (χ0) is 14.1. The van der Waals surface area contributed by atoms with Crippen LogP contribution in [0.4, 0.5) is 5.69 Å². The number of aromatic nitrogens is 1. The number of hydrogen-bond acceptors (Lipinski definition) is 3. The maximum Gasteiger partial charge on any atom is 0.268 e. The minimum absolute atomic E-state index is 0.106. The zero-order valence-corrected chi connectivity index (χ0v) is 11.9. The van der Waals surface area contributed by atoms with E-state index in [9.17, 15) is 4.79 Å². The lowest BCUT2D eigenvalue weighted by atomic mass is 10.2. The van der Waals surface area contributed by atoms with Gasteiger partial charge in [-0.15, -0.1) is 11.3 Å². The van der Waals surface area contributed by atoms with E-state index < -0.39 is 0 Å². The Labute approximate surface area is 120 Å². The van der Waals surface area contributed by atoms with Gasteiger partial charge in [-0.1, -0.05) is 0 Å². The van der Waals surface area contributed by atoms with Gasteiger partial charge in [0.2, 0.25) is 0 Å². The maximum atomic E-state index is 12.1. The fraction of sp³-hybridized carbons (Fsp3) is 0.133. The number of nitrogens with two attached hydrogens (primary N) is 1. The number of nitrogens with one attached hydrogen (secondary N) is 2. The van der Waals surface area contributed by atoms with Crippen LogP contribution in [0, 0.1) is 6.92 Å². The van der Waals surface area contributed by atoms with Crippen molar-refractivity contribution in [3.05, 3.63) is 51.8 Å². The standard InChI is InChI=1S/C15H15N3OS/c1-9-2-4-12(20-9)8-17-15(19)14-7-10-6-11(16)3-5-13(10)18-14/h2-7,18H,8,16H2,1H3,(H,17,19). The van der Waals surface area contributed by atoms with Gasteiger partial charge in [-0.2, -0.15) is 0 Å². The number of benzene rings is 1. The molecule has 0 saturated heterocycles. The number of carbonyl (C=O) groups is 1. The molecule has 0 aliphatic carbocycles. The summed E-state index contributed by atoms with van der Waals surface area (Å²) in [6.45, 7) is 2.60. The average Bonchev–Trinajstić information content (AvgIpc) is 3.01. The first-order valence-electron chi connectivity index (χ1n) is 6.33. The number of aryl methyl sites for hydroxylation is 1. The number of hydrogen-bond donors (Lipinski definition) is 3. The molecule has 0 unspecified atom stereocenters. The van der Waals surface area contributed by atoms with Crippen molar-refractivity contribution in [2.24, 2.45) is 0 Å². The fourth-order valence-electron chi connectivity index (χ4n) is 2.12. The van der Waals surface area contributed by atoms with Crippen LogP contribution in [0.25, 0.3) is 10.9 Å². The Bertz CT molecular complexity index is 772. The van der Waals surface area contributed by atoms with Crippen molar-refractivity contribution in [2.45, 2.75) is 13.5 Å². The van der Waals surface area contributed by atoms with Crippen LogP contribution in [0.3, 0.4) is 0 Å². The molecule has 0 fully saturated rings. The Morgan fingerprint density at radius 2 is 2.15 bits per heavy atom. The number of nitrogen functional groups attached to an aromatic ring is 1. The zero-order valence-electron chi connectivity index (χ0n) is 11.1. The summed E-state index contributed by atoms with van der Waals surface area (Å²) in [5.74, 6) is -0.106. The molecule has 4 N–H and O–H groups in total. The lowest BCUT2D eigenvalue weighted by molar-refractivity contribution is 0.0947. The number of amides is 1. The van der Waals surface area contributed by atoms with Crippen molar-refractivity contribution in [2.75, 3.05) is 5.73 Å². The molecule has 2 heterocycles. The van der Waals surface area contributed by atoms with Crippen molar-refractivity contribution in [3.63, 3.8) is 0 Å². The normalized spacial score (nSPS) is 10.8. The molecule has 0 aliphatic rings. The third-order valence-electron chi connectivity index (χ3n) is 3.11. The van der Waals surface area contributed by atoms with E-state index >= 15 is 0 Å². The molecule has 4 nitrogen and oxygen atoms in total. The second-order valence-corrected chi connectivity index (χ2v) is 6.10. The van der Waals surface area contributed by atoms with Gasteiger partial charge in [0.1, 0.15) is 5.69 Å². The number of aromatic amines is 1. The molecule has 0 spiro atoms. The molecular weight excluding hydrogens is 270 g/mol. The van der Waals surface area contributed by atoms with Gasteiger partial charge in [0.15, 0.2) is 0 Å². The molecule has 20 heavy (non-hydrogen) atoms. The van der Waals surface area contributed by atoms with Crippen LogP contribution < -0.4 is 11.1 Å². The summed E-state index contributed by atoms with van der Waals surface area (Å²) in [4.78, 5) is 17.6. The molecule has 0 radical (unpaired) electrons. The van der Waals surface area contributed by atoms with E-state index in [-0.39, 0.29) is 5.91 Å². The monoisotopic (exact) mass is 285 g/mol. The SMILES string of the molecule is Cc1ccc(CNC(=O)c2cc3cc(N)ccc3[nH]2)s1. The third kappa shape index (κ3) is 2.53. The van der Waals surface area contributed by atoms with Crippen LogP contribution in [0.1, 0.15) is 20.2 Å². The van der Waals surface area contributed by atoms with Gasteiger partial charge in [-0.3, -0.25) is 4.79 Å². The summed E-state index contributed by atoms with van der Waals surface area (Å²) in [6.07, 6.45) is 0. The summed E-state index contributed by atoms with van der Waals surface area (Å²) in [5, 5.41) is 3.86. The van der Waals surface area contributed by atoms with Gasteiger partial charge in [-0.25, -0.2) is 0 Å². The molecule has 0 aliphatic heterocycles. The van der Waals surface area contributed by atoms with Crippen molar-refractivity contribution in [3.8, 4) is 0 Å². The number of carbonyl (C=O) groups excluding carboxylic acids is 1. The minimum atomic E-state index is -0.106. The van der Waals surface area contributed by atoms with E-state index in [1.807, 2.05) is 30.3 Å². The highest BCUT2D eigenvalue weighted by Crippen LogP contribution is 2.19. The fourth-order valence-corrected chi connectivity index (χ4v) is 2.95. The summed E-state index contributed by atoms with van der Waals surface area (Å²) in [7, 11) is 0. The van der Waals surface area contributed by atoms with Crippen LogP contribution in [-0.2, 0) is 6.54 Å². The summed E-state index contributed by atoms with van der Waals surface area (Å²) >= 11 is 1.69. The molecule has 0 bridgehead atoms. The number of H-pyrrole nitrogens is 1. The van der Waals surface area contributed by atoms with E-state index in [2.05, 4.69) is 23.3 Å². The molecule has 102 valence electrons. The van der Waals surface area contributed by atoms with E-state index in [1.165, 1.54) is 4.88 Å². The summed E-state index contributed by atoms with van der Waals surface area (Å²) in [6, 6.07) is 11.5. The van der Waals surface area contributed by atoms with Crippen molar-refractivity contribution in [1.29, 1.82) is 0 Å². The predicted octanol–water partition coefficient (Wildman–Crippen LogP) is 3.05. The molecule has 0 saturated carbocycles. The van der Waals surface area contributed by atoms with Gasteiger partial charge >= 0.3 is 0 Å². The Morgan fingerprint density at radius 1 is 1.30 bits per heavy atom. The van der Waals surface area contributed by atoms with Crippen molar-refractivity contribution in [1.82, 2.24) is 10.3 Å². The molecule has 0 atom stereocenters. The second-order valence-electron chi connectivity index (χ2n) is 4.72. The van der Waals surface area contributed by atoms with Gasteiger partial charge < -0.3 is 16.0 Å². The van der Waals surface area contributed by atoms with Gasteiger partial charge in [0.05, 0.1) is 6.54 Å². The highest BCUT2D eigenvalue weighted by Gasteiger charge is 2.09. The highest BCUT2D eigenvalue weighted by molar-refractivity contribution is 7.11. The van der Waals surface area contributed by atoms with E-state index in [4.69, 9.17) is 5.73 Å². The van der Waals surface area contributed by atoms with Crippen LogP contribution >= 0.6 is 11.3 Å². The Kier molecular flexibility index (Phi) is 3.20. The first-order chi connectivity index (χ1) is 9.61. The minimum Gasteiger partial charge on any atom is -0.399 e. The van der Waals surface area contributed by atoms with Crippen LogP contribution in [0.5, 0.6) is 0 Å². The average molecular weight is 285 g/mol. The van der Waals surface area contributed by atoms with Crippen molar-refractivity contribution < 1.29 is 4.79 Å². The molecule has 3 rings (SSSR count). The molecular formula is C15H15N3OS. The second kappa shape index (κ2) is 5.02. The third-order valence-corrected chi connectivity index (χ3v) is 4.11. The molecule has 1 aromatic carbocycles. The van der Waals surface area contributed by atoms with E-state index in [0.29, 0.717) is 17.9 Å². The number of fused-ring (bicyclic) bond motifs is 1. The number of anilines is 1. The lowest BCUT2D eigenvalue weighted by Gasteiger charge is -2.01. The van der Waals surface area contributed by atoms with Crippen LogP contribution in [0.2, 0.25) is 0 Å². The van der Waals surface area contributed by atoms with Crippen LogP contribution in [-0.4, -0.2) is 10.9 Å². The Morgan fingerprint density at radius 3 is 2.90 bits per heavy atom. The largest absolute Gasteiger partial charge is 0.399 e. The van der Waals surface area contributed by atoms with E-state index in [1.54, 1.807) is 11.3 Å². The summed E-state index contributed by atoms with van der Waals surface area (Å²) in [5.41, 5.74) is 7.89. The number of thiophene rings is 1. The predicted molar refractivity (Wildman–Crippen MR) is 82.9 cm³/mol. The Balaban J connectivity index is 1.75. The topological polar surface area (TPSA) is 70.9 Å². The molecule has 3 aromatic rings. The van der Waals surface area contributed by atoms with Crippen molar-refractivity contribution >= 4 is 33.8 Å². The van der Waals surface area contributed by atoms with Crippen LogP contribution in [0.15, 0.2) is 36.4 Å². The molecule has 5 heteroatoms. The number of rotatable bonds is 3. The molecule has 1 amide bonds. The van der Waals surface area contributed by atoms with Gasteiger partial charge in [0, 0.05) is 26.3 Å². The Hall–Kier alpha value is -2.27. The lowest BCUT2D eigenvalue weighted by Crippen LogP contribution is -2.22. The maximum absolute atomic E-state index is 12.1. The van der Waals surface area contributed by atoms with Gasteiger partial charge in [-0.05, 0) is 43.3 Å².